The second-order valence-corrected chi connectivity index (χ2v) is 4.22. The molecule has 0 bridgehead atoms. The molecule has 0 radical (unpaired) electrons. The summed E-state index contributed by atoms with van der Waals surface area (Å²) in [6, 6.07) is 0. The molecule has 0 aliphatic rings. The van der Waals surface area contributed by atoms with Gasteiger partial charge in [0.1, 0.15) is 0 Å². The maximum absolute atomic E-state index is 3.99. The quantitative estimate of drug-likeness (QED) is 0.637. The predicted octanol–water partition coefficient (Wildman–Crippen LogP) is 3.10. The largest absolute Gasteiger partial charge is 0.385 e. The Labute approximate surface area is 76.6 Å². The Balaban J connectivity index is 3.89. The van der Waals surface area contributed by atoms with Crippen molar-refractivity contribution in [2.45, 2.75) is 34.6 Å². The lowest BCUT2D eigenvalue weighted by Gasteiger charge is -2.23. The van der Waals surface area contributed by atoms with Crippen molar-refractivity contribution in [1.29, 1.82) is 0 Å². The van der Waals surface area contributed by atoms with E-state index >= 15 is 0 Å². The lowest BCUT2D eigenvalue weighted by atomic mass is 9.93. The first-order valence-corrected chi connectivity index (χ1v) is 4.43. The second-order valence-electron chi connectivity index (χ2n) is 4.22. The van der Waals surface area contributed by atoms with Gasteiger partial charge in [-0.1, -0.05) is 39.0 Å². The molecule has 0 unspecified atom stereocenters. The molecule has 70 valence electrons. The van der Waals surface area contributed by atoms with E-state index in [1.54, 1.807) is 0 Å². The van der Waals surface area contributed by atoms with Crippen molar-refractivity contribution >= 4 is 0 Å². The second kappa shape index (κ2) is 4.34. The molecule has 0 aromatic carbocycles. The molecule has 0 rings (SSSR count). The number of hydrogen-bond acceptors (Lipinski definition) is 1. The minimum atomic E-state index is 0.161. The van der Waals surface area contributed by atoms with Gasteiger partial charge in [-0.25, -0.2) is 0 Å². The average molecular weight is 167 g/mol. The molecule has 0 aliphatic heterocycles. The van der Waals surface area contributed by atoms with Crippen molar-refractivity contribution in [2.24, 2.45) is 5.41 Å². The minimum Gasteiger partial charge on any atom is -0.385 e. The fourth-order valence-corrected chi connectivity index (χ4v) is 0.613. The van der Waals surface area contributed by atoms with Crippen LogP contribution in [0.15, 0.2) is 23.9 Å². The fraction of sp³-hybridized carbons (Fsp3) is 0.636. The molecule has 1 nitrogen and oxygen atoms in total. The maximum Gasteiger partial charge on any atom is 0.0354 e. The summed E-state index contributed by atoms with van der Waals surface area (Å²) in [7, 11) is 0. The van der Waals surface area contributed by atoms with Crippen molar-refractivity contribution in [3.05, 3.63) is 23.9 Å². The summed E-state index contributed by atoms with van der Waals surface area (Å²) in [6.45, 7) is 15.5. The molecule has 1 heteroatoms. The van der Waals surface area contributed by atoms with Gasteiger partial charge in [-0.3, -0.25) is 0 Å². The van der Waals surface area contributed by atoms with Gasteiger partial charge in [0.2, 0.25) is 0 Å². The van der Waals surface area contributed by atoms with Crippen LogP contribution >= 0.6 is 0 Å². The van der Waals surface area contributed by atoms with Crippen LogP contribution in [0.3, 0.4) is 0 Å². The van der Waals surface area contributed by atoms with E-state index in [9.17, 15) is 0 Å². The molecular formula is C11H21N. The Morgan fingerprint density at radius 2 is 1.92 bits per heavy atom. The monoisotopic (exact) mass is 167 g/mol. The fourth-order valence-electron chi connectivity index (χ4n) is 0.613. The van der Waals surface area contributed by atoms with Gasteiger partial charge in [0.15, 0.2) is 0 Å². The Kier molecular flexibility index (Phi) is 4.08. The molecule has 0 saturated carbocycles. The van der Waals surface area contributed by atoms with Crippen molar-refractivity contribution in [1.82, 2.24) is 5.32 Å². The van der Waals surface area contributed by atoms with Gasteiger partial charge in [-0.15, -0.1) is 0 Å². The van der Waals surface area contributed by atoms with Crippen LogP contribution in [0, 0.1) is 5.41 Å². The van der Waals surface area contributed by atoms with Crippen LogP contribution in [0.4, 0.5) is 0 Å². The first-order valence-electron chi connectivity index (χ1n) is 4.43. The summed E-state index contributed by atoms with van der Waals surface area (Å²) in [5, 5.41) is 3.31. The summed E-state index contributed by atoms with van der Waals surface area (Å²) in [4.78, 5) is 0. The van der Waals surface area contributed by atoms with Crippen molar-refractivity contribution < 1.29 is 0 Å². The summed E-state index contributed by atoms with van der Waals surface area (Å²) < 4.78 is 0. The molecule has 0 amide bonds. The van der Waals surface area contributed by atoms with Gasteiger partial charge in [0, 0.05) is 17.7 Å². The third-order valence-electron chi connectivity index (χ3n) is 1.98. The van der Waals surface area contributed by atoms with Gasteiger partial charge in [0.05, 0.1) is 0 Å². The lowest BCUT2D eigenvalue weighted by molar-refractivity contribution is 0.468. The van der Waals surface area contributed by atoms with Crippen LogP contribution in [-0.4, -0.2) is 6.54 Å². The molecule has 12 heavy (non-hydrogen) atoms. The van der Waals surface area contributed by atoms with Gasteiger partial charge in [-0.05, 0) is 13.8 Å². The molecule has 0 aromatic heterocycles. The molecular weight excluding hydrogens is 146 g/mol. The van der Waals surface area contributed by atoms with E-state index in [2.05, 4.69) is 52.6 Å². The topological polar surface area (TPSA) is 12.0 Å². The lowest BCUT2D eigenvalue weighted by Crippen LogP contribution is -2.24. The highest BCUT2D eigenvalue weighted by atomic mass is 14.9. The SMILES string of the molecule is C=C(NC/C(C)=C/C)C(C)(C)C. The Morgan fingerprint density at radius 3 is 2.25 bits per heavy atom. The Morgan fingerprint density at radius 1 is 1.42 bits per heavy atom. The normalized spacial score (nSPS) is 12.9. The zero-order valence-electron chi connectivity index (χ0n) is 8.99. The zero-order valence-corrected chi connectivity index (χ0v) is 8.99. The van der Waals surface area contributed by atoms with E-state index in [0.717, 1.165) is 12.2 Å². The smallest absolute Gasteiger partial charge is 0.0354 e. The first-order chi connectivity index (χ1) is 5.38. The number of allylic oxidation sites excluding steroid dienone is 2. The Hall–Kier alpha value is -0.720. The number of rotatable bonds is 3. The summed E-state index contributed by atoms with van der Waals surface area (Å²) in [6.07, 6.45) is 2.11. The molecule has 0 spiro atoms. The van der Waals surface area contributed by atoms with Crippen LogP contribution in [0.2, 0.25) is 0 Å². The van der Waals surface area contributed by atoms with Crippen molar-refractivity contribution in [3.8, 4) is 0 Å². The third-order valence-corrected chi connectivity index (χ3v) is 1.98. The van der Waals surface area contributed by atoms with E-state index in [1.165, 1.54) is 5.57 Å². The molecule has 0 atom stereocenters. The third kappa shape index (κ3) is 4.22. The number of hydrogen-bond donors (Lipinski definition) is 1. The van der Waals surface area contributed by atoms with Crippen LogP contribution in [0.1, 0.15) is 34.6 Å². The minimum absolute atomic E-state index is 0.161. The van der Waals surface area contributed by atoms with Gasteiger partial charge in [-0.2, -0.15) is 0 Å². The Bertz CT molecular complexity index is 182. The van der Waals surface area contributed by atoms with Crippen molar-refractivity contribution in [2.75, 3.05) is 6.54 Å². The first kappa shape index (κ1) is 11.3. The van der Waals surface area contributed by atoms with E-state index < -0.39 is 0 Å². The highest BCUT2D eigenvalue weighted by Crippen LogP contribution is 2.20. The van der Waals surface area contributed by atoms with Crippen LogP contribution in [0.5, 0.6) is 0 Å². The summed E-state index contributed by atoms with van der Waals surface area (Å²) in [5.74, 6) is 0. The molecule has 0 fully saturated rings. The molecule has 0 heterocycles. The van der Waals surface area contributed by atoms with Crippen molar-refractivity contribution in [3.63, 3.8) is 0 Å². The van der Waals surface area contributed by atoms with E-state index in [1.807, 2.05) is 0 Å². The predicted molar refractivity (Wildman–Crippen MR) is 56.0 cm³/mol. The average Bonchev–Trinajstić information content (AvgIpc) is 1.97. The maximum atomic E-state index is 3.99. The summed E-state index contributed by atoms with van der Waals surface area (Å²) in [5.41, 5.74) is 2.61. The number of nitrogens with one attached hydrogen (secondary N) is 1. The van der Waals surface area contributed by atoms with Gasteiger partial charge < -0.3 is 5.32 Å². The van der Waals surface area contributed by atoms with Crippen LogP contribution < -0.4 is 5.32 Å². The molecule has 0 saturated heterocycles. The standard InChI is InChI=1S/C11H21N/c1-7-9(2)8-12-10(3)11(4,5)6/h7,12H,3,8H2,1-2,4-6H3/b9-7+. The van der Waals surface area contributed by atoms with E-state index in [0.29, 0.717) is 0 Å². The highest BCUT2D eigenvalue weighted by Gasteiger charge is 2.13. The van der Waals surface area contributed by atoms with Gasteiger partial charge in [0.25, 0.3) is 0 Å². The molecule has 0 aromatic rings. The van der Waals surface area contributed by atoms with Gasteiger partial charge >= 0.3 is 0 Å². The molecule has 0 aliphatic carbocycles. The van der Waals surface area contributed by atoms with Crippen LogP contribution in [-0.2, 0) is 0 Å². The zero-order chi connectivity index (χ0) is 9.78. The summed E-state index contributed by atoms with van der Waals surface area (Å²) >= 11 is 0. The van der Waals surface area contributed by atoms with E-state index in [-0.39, 0.29) is 5.41 Å². The van der Waals surface area contributed by atoms with Crippen LogP contribution in [0.25, 0.3) is 0 Å². The highest BCUT2D eigenvalue weighted by molar-refractivity contribution is 5.07. The van der Waals surface area contributed by atoms with E-state index in [4.69, 9.17) is 0 Å². The molecule has 1 N–H and O–H groups in total.